The largest absolute Gasteiger partial charge is 0.504 e. The van der Waals surface area contributed by atoms with Crippen LogP contribution in [0.15, 0.2) is 30.3 Å². The molecular formula is C22H24O7. The molecule has 0 saturated heterocycles. The molecule has 1 N–H and O–H groups in total. The van der Waals surface area contributed by atoms with Crippen molar-refractivity contribution in [3.8, 4) is 17.2 Å². The number of fused-ring (bicyclic) bond motifs is 2. The fourth-order valence-electron chi connectivity index (χ4n) is 3.15. The van der Waals surface area contributed by atoms with E-state index in [1.54, 1.807) is 24.3 Å². The minimum atomic E-state index is -0.447. The Kier molecular flexibility index (Phi) is 6.85. The van der Waals surface area contributed by atoms with E-state index in [0.717, 1.165) is 0 Å². The molecule has 29 heavy (non-hydrogen) atoms. The Balaban J connectivity index is 2.02. The molecule has 2 aromatic carbocycles. The highest BCUT2D eigenvalue weighted by Gasteiger charge is 2.36. The number of rotatable bonds is 10. The summed E-state index contributed by atoms with van der Waals surface area (Å²) in [5, 5.41) is 10.7. The Labute approximate surface area is 169 Å². The first-order valence-corrected chi connectivity index (χ1v) is 9.59. The number of hydrogen-bond donors (Lipinski definition) is 1. The topological polar surface area (TPSA) is 91.3 Å². The number of hydrogen-bond acceptors (Lipinski definition) is 7. The van der Waals surface area contributed by atoms with Crippen molar-refractivity contribution in [2.45, 2.75) is 13.8 Å². The van der Waals surface area contributed by atoms with E-state index in [2.05, 4.69) is 0 Å². The first kappa shape index (κ1) is 20.8. The Morgan fingerprint density at radius 1 is 0.759 bits per heavy atom. The minimum absolute atomic E-state index is 0.0415. The van der Waals surface area contributed by atoms with E-state index in [1.807, 2.05) is 13.8 Å². The van der Waals surface area contributed by atoms with Crippen LogP contribution in [-0.2, 0) is 9.47 Å². The van der Waals surface area contributed by atoms with Gasteiger partial charge >= 0.3 is 0 Å². The van der Waals surface area contributed by atoms with Crippen molar-refractivity contribution in [1.82, 2.24) is 0 Å². The zero-order valence-corrected chi connectivity index (χ0v) is 16.5. The Hall–Kier alpha value is -2.90. The van der Waals surface area contributed by atoms with Crippen molar-refractivity contribution in [2.75, 3.05) is 39.6 Å². The molecule has 1 aliphatic carbocycles. The van der Waals surface area contributed by atoms with Gasteiger partial charge in [-0.05, 0) is 13.8 Å². The highest BCUT2D eigenvalue weighted by atomic mass is 16.5. The number of phenolic OH excluding ortho intramolecular Hbond substituents is 1. The molecule has 0 unspecified atom stereocenters. The van der Waals surface area contributed by atoms with Gasteiger partial charge in [0.2, 0.25) is 0 Å². The third kappa shape index (κ3) is 4.26. The van der Waals surface area contributed by atoms with Gasteiger partial charge in [0.05, 0.1) is 24.3 Å². The number of ether oxygens (including phenoxy) is 4. The molecule has 0 heterocycles. The normalized spacial score (nSPS) is 12.5. The molecule has 7 nitrogen and oxygen atoms in total. The molecule has 2 aromatic rings. The van der Waals surface area contributed by atoms with Gasteiger partial charge in [-0.3, -0.25) is 9.59 Å². The van der Waals surface area contributed by atoms with Crippen molar-refractivity contribution in [3.63, 3.8) is 0 Å². The van der Waals surface area contributed by atoms with Crippen LogP contribution in [0, 0.1) is 0 Å². The van der Waals surface area contributed by atoms with E-state index < -0.39 is 5.78 Å². The molecule has 1 aliphatic rings. The molecule has 0 bridgehead atoms. The lowest BCUT2D eigenvalue weighted by molar-refractivity contribution is 0.0954. The summed E-state index contributed by atoms with van der Waals surface area (Å²) in [4.78, 5) is 26.1. The van der Waals surface area contributed by atoms with Gasteiger partial charge in [-0.2, -0.15) is 0 Å². The highest BCUT2D eigenvalue weighted by molar-refractivity contribution is 6.30. The summed E-state index contributed by atoms with van der Waals surface area (Å²) in [6.45, 7) is 5.81. The second-order valence-electron chi connectivity index (χ2n) is 6.27. The lowest BCUT2D eigenvalue weighted by Crippen LogP contribution is -2.23. The van der Waals surface area contributed by atoms with Crippen molar-refractivity contribution >= 4 is 11.6 Å². The van der Waals surface area contributed by atoms with Gasteiger partial charge in [-0.25, -0.2) is 0 Å². The van der Waals surface area contributed by atoms with Gasteiger partial charge in [-0.1, -0.05) is 24.3 Å². The fourth-order valence-corrected chi connectivity index (χ4v) is 3.15. The van der Waals surface area contributed by atoms with E-state index in [4.69, 9.17) is 18.9 Å². The molecule has 0 atom stereocenters. The predicted octanol–water partition coefficient (Wildman–Crippen LogP) is 3.00. The average Bonchev–Trinajstić information content (AvgIpc) is 2.74. The molecule has 0 fully saturated rings. The number of aromatic hydroxyl groups is 1. The first-order valence-electron chi connectivity index (χ1n) is 9.59. The number of benzene rings is 2. The van der Waals surface area contributed by atoms with Crippen molar-refractivity contribution < 1.29 is 33.6 Å². The molecule has 7 heteroatoms. The Morgan fingerprint density at radius 2 is 1.28 bits per heavy atom. The fraction of sp³-hybridized carbons (Fsp3) is 0.364. The smallest absolute Gasteiger partial charge is 0.198 e. The third-order valence-corrected chi connectivity index (χ3v) is 4.48. The molecule has 0 aliphatic heterocycles. The average molecular weight is 400 g/mol. The number of ketones is 2. The third-order valence-electron chi connectivity index (χ3n) is 4.48. The van der Waals surface area contributed by atoms with E-state index in [0.29, 0.717) is 26.4 Å². The maximum Gasteiger partial charge on any atom is 0.198 e. The van der Waals surface area contributed by atoms with Crippen LogP contribution in [0.3, 0.4) is 0 Å². The maximum atomic E-state index is 13.1. The van der Waals surface area contributed by atoms with Crippen molar-refractivity contribution in [1.29, 1.82) is 0 Å². The Morgan fingerprint density at radius 3 is 1.83 bits per heavy atom. The van der Waals surface area contributed by atoms with Gasteiger partial charge < -0.3 is 24.1 Å². The zero-order chi connectivity index (χ0) is 20.8. The summed E-state index contributed by atoms with van der Waals surface area (Å²) in [6, 6.07) is 7.96. The van der Waals surface area contributed by atoms with Crippen LogP contribution < -0.4 is 9.47 Å². The lowest BCUT2D eigenvalue weighted by Gasteiger charge is -2.23. The van der Waals surface area contributed by atoms with Gasteiger partial charge in [0.25, 0.3) is 0 Å². The zero-order valence-electron chi connectivity index (χ0n) is 16.5. The van der Waals surface area contributed by atoms with Gasteiger partial charge in [0, 0.05) is 30.4 Å². The summed E-state index contributed by atoms with van der Waals surface area (Å²) in [5.41, 5.74) is 0.463. The van der Waals surface area contributed by atoms with Crippen LogP contribution in [0.4, 0.5) is 0 Å². The first-order chi connectivity index (χ1) is 14.1. The standard InChI is InChI=1S/C22H24O7/c1-3-26-9-11-28-16-13-17(29-12-10-27-4-2)22(25)19-18(16)20(23)14-7-5-6-8-15(14)21(19)24/h5-8,13,25H,3-4,9-12H2,1-2H3. The highest BCUT2D eigenvalue weighted by Crippen LogP contribution is 2.43. The number of carbonyl (C=O) groups excluding carboxylic acids is 2. The van der Waals surface area contributed by atoms with Crippen LogP contribution in [0.25, 0.3) is 0 Å². The van der Waals surface area contributed by atoms with Crippen LogP contribution in [0.1, 0.15) is 45.7 Å². The minimum Gasteiger partial charge on any atom is -0.504 e. The molecule has 0 saturated carbocycles. The van der Waals surface area contributed by atoms with Crippen LogP contribution in [0.2, 0.25) is 0 Å². The number of phenols is 1. The molecule has 0 aromatic heterocycles. The quantitative estimate of drug-likeness (QED) is 0.523. The summed E-state index contributed by atoms with van der Waals surface area (Å²) in [6.07, 6.45) is 0. The summed E-state index contributed by atoms with van der Waals surface area (Å²) < 4.78 is 21.9. The van der Waals surface area contributed by atoms with Crippen LogP contribution in [-0.4, -0.2) is 56.3 Å². The second kappa shape index (κ2) is 9.54. The summed E-state index contributed by atoms with van der Waals surface area (Å²) in [7, 11) is 0. The van der Waals surface area contributed by atoms with E-state index in [9.17, 15) is 14.7 Å². The number of carbonyl (C=O) groups is 2. The molecule has 0 radical (unpaired) electrons. The van der Waals surface area contributed by atoms with Gasteiger partial charge in [0.15, 0.2) is 23.1 Å². The van der Waals surface area contributed by atoms with Crippen LogP contribution >= 0.6 is 0 Å². The van der Waals surface area contributed by atoms with E-state index >= 15 is 0 Å². The summed E-state index contributed by atoms with van der Waals surface area (Å²) in [5.74, 6) is -0.955. The van der Waals surface area contributed by atoms with Crippen molar-refractivity contribution in [2.24, 2.45) is 0 Å². The van der Waals surface area contributed by atoms with Crippen LogP contribution in [0.5, 0.6) is 17.2 Å². The lowest BCUT2D eigenvalue weighted by atomic mass is 9.83. The Bertz CT molecular complexity index is 904. The molecular weight excluding hydrogens is 376 g/mol. The van der Waals surface area contributed by atoms with Gasteiger partial charge in [-0.15, -0.1) is 0 Å². The molecule has 3 rings (SSSR count). The monoisotopic (exact) mass is 400 g/mol. The molecule has 154 valence electrons. The van der Waals surface area contributed by atoms with E-state index in [1.165, 1.54) is 6.07 Å². The maximum absolute atomic E-state index is 13.1. The van der Waals surface area contributed by atoms with Gasteiger partial charge in [0.1, 0.15) is 19.0 Å². The SMILES string of the molecule is CCOCCOc1cc(OCCOCC)c2c(c1O)C(=O)c1ccccc1C2=O. The second-order valence-corrected chi connectivity index (χ2v) is 6.27. The predicted molar refractivity (Wildman–Crippen MR) is 105 cm³/mol. The van der Waals surface area contributed by atoms with E-state index in [-0.39, 0.29) is 58.5 Å². The summed E-state index contributed by atoms with van der Waals surface area (Å²) >= 11 is 0. The molecule has 0 amide bonds. The molecule has 0 spiro atoms. The van der Waals surface area contributed by atoms with Crippen molar-refractivity contribution in [3.05, 3.63) is 52.6 Å².